The Morgan fingerprint density at radius 3 is 2.55 bits per heavy atom. The minimum atomic E-state index is -0.209. The highest BCUT2D eigenvalue weighted by Gasteiger charge is 2.18. The van der Waals surface area contributed by atoms with Crippen LogP contribution in [0.15, 0.2) is 54.7 Å². The number of hydrogen-bond acceptors (Lipinski definition) is 2. The van der Waals surface area contributed by atoms with Crippen LogP contribution in [0.5, 0.6) is 0 Å². The molecule has 3 rings (SSSR count). The van der Waals surface area contributed by atoms with Gasteiger partial charge in [-0.2, -0.15) is 0 Å². The molecular formula is C22H25ClN4O2. The third kappa shape index (κ3) is 4.71. The lowest BCUT2D eigenvalue weighted by atomic mass is 10.1. The van der Waals surface area contributed by atoms with Gasteiger partial charge in [-0.1, -0.05) is 23.7 Å². The highest BCUT2D eigenvalue weighted by Crippen LogP contribution is 2.24. The number of urea groups is 1. The molecule has 1 N–H and O–H groups in total. The number of aromatic nitrogens is 1. The van der Waals surface area contributed by atoms with Gasteiger partial charge in [0.15, 0.2) is 0 Å². The second-order valence-electron chi connectivity index (χ2n) is 7.28. The number of nitrogens with zero attached hydrogens (tertiary/aromatic N) is 3. The maximum atomic E-state index is 12.7. The van der Waals surface area contributed by atoms with Crippen LogP contribution >= 0.6 is 11.6 Å². The number of halogens is 1. The van der Waals surface area contributed by atoms with Gasteiger partial charge in [0.1, 0.15) is 6.54 Å². The second kappa shape index (κ2) is 8.57. The Hall–Kier alpha value is -2.99. The smallest absolute Gasteiger partial charge is 0.322 e. The van der Waals surface area contributed by atoms with Crippen LogP contribution in [0, 0.1) is 0 Å². The first kappa shape index (κ1) is 20.7. The predicted octanol–water partition coefficient (Wildman–Crippen LogP) is 4.61. The van der Waals surface area contributed by atoms with Crippen LogP contribution in [0.2, 0.25) is 5.02 Å². The van der Waals surface area contributed by atoms with E-state index in [0.29, 0.717) is 10.7 Å². The molecule has 1 aromatic heterocycles. The summed E-state index contributed by atoms with van der Waals surface area (Å²) in [4.78, 5) is 27.9. The van der Waals surface area contributed by atoms with Crippen LogP contribution in [-0.4, -0.2) is 47.4 Å². The van der Waals surface area contributed by atoms with Gasteiger partial charge in [-0.25, -0.2) is 4.79 Å². The zero-order valence-electron chi connectivity index (χ0n) is 17.0. The van der Waals surface area contributed by atoms with E-state index in [2.05, 4.69) is 5.32 Å². The first-order valence-electron chi connectivity index (χ1n) is 9.34. The summed E-state index contributed by atoms with van der Waals surface area (Å²) in [6.07, 6.45) is 1.88. The molecule has 0 saturated carbocycles. The Kier molecular flexibility index (Phi) is 6.13. The maximum absolute atomic E-state index is 12.7. The van der Waals surface area contributed by atoms with Crippen molar-refractivity contribution in [1.82, 2.24) is 14.4 Å². The second-order valence-corrected chi connectivity index (χ2v) is 7.71. The van der Waals surface area contributed by atoms with Crippen LogP contribution in [0.4, 0.5) is 10.5 Å². The number of carbonyl (C=O) groups excluding carboxylic acids is 2. The van der Waals surface area contributed by atoms with Crippen molar-refractivity contribution in [1.29, 1.82) is 0 Å². The Balaban J connectivity index is 1.72. The molecule has 0 saturated heterocycles. The van der Waals surface area contributed by atoms with Gasteiger partial charge in [0.25, 0.3) is 0 Å². The molecule has 3 aromatic rings. The summed E-state index contributed by atoms with van der Waals surface area (Å²) in [6, 6.07) is 14.8. The summed E-state index contributed by atoms with van der Waals surface area (Å²) in [6.45, 7) is 2.23. The van der Waals surface area contributed by atoms with E-state index in [4.69, 9.17) is 11.6 Å². The number of nitrogens with one attached hydrogen (secondary N) is 1. The molecule has 1 heterocycles. The number of hydrogen-bond donors (Lipinski definition) is 1. The third-order valence-electron chi connectivity index (χ3n) is 5.06. The Labute approximate surface area is 175 Å². The van der Waals surface area contributed by atoms with E-state index >= 15 is 0 Å². The normalized spacial score (nSPS) is 11.9. The monoisotopic (exact) mass is 412 g/mol. The van der Waals surface area contributed by atoms with Crippen LogP contribution in [0.25, 0.3) is 10.9 Å². The molecule has 29 heavy (non-hydrogen) atoms. The number of amides is 3. The molecule has 0 bridgehead atoms. The van der Waals surface area contributed by atoms with Crippen LogP contribution in [0.1, 0.15) is 18.5 Å². The lowest BCUT2D eigenvalue weighted by molar-refractivity contribution is -0.129. The van der Waals surface area contributed by atoms with Crippen molar-refractivity contribution in [2.24, 2.45) is 0 Å². The van der Waals surface area contributed by atoms with Gasteiger partial charge in [0, 0.05) is 49.0 Å². The van der Waals surface area contributed by atoms with Crippen LogP contribution < -0.4 is 5.32 Å². The topological polar surface area (TPSA) is 57.6 Å². The van der Waals surface area contributed by atoms with Gasteiger partial charge in [0.05, 0.1) is 6.04 Å². The number of carbonyl (C=O) groups is 2. The predicted molar refractivity (Wildman–Crippen MR) is 117 cm³/mol. The summed E-state index contributed by atoms with van der Waals surface area (Å²) in [7, 11) is 5.23. The SMILES string of the molecule is CC(c1cccc(Cl)c1)N(C)C(=O)Nc1ccc2c(ccn2CC(=O)N(C)C)c1. The summed E-state index contributed by atoms with van der Waals surface area (Å²) < 4.78 is 1.90. The van der Waals surface area contributed by atoms with Crippen molar-refractivity contribution < 1.29 is 9.59 Å². The molecule has 3 amide bonds. The Bertz CT molecular complexity index is 1040. The zero-order valence-corrected chi connectivity index (χ0v) is 17.8. The molecule has 1 atom stereocenters. The zero-order chi connectivity index (χ0) is 21.1. The van der Waals surface area contributed by atoms with E-state index < -0.39 is 0 Å². The minimum Gasteiger partial charge on any atom is -0.347 e. The summed E-state index contributed by atoms with van der Waals surface area (Å²) >= 11 is 6.06. The maximum Gasteiger partial charge on any atom is 0.322 e. The van der Waals surface area contributed by atoms with Crippen LogP contribution in [0.3, 0.4) is 0 Å². The first-order valence-corrected chi connectivity index (χ1v) is 9.72. The van der Waals surface area contributed by atoms with Gasteiger partial charge in [-0.05, 0) is 48.9 Å². The first-order chi connectivity index (χ1) is 13.8. The standard InChI is InChI=1S/C22H25ClN4O2/c1-15(16-6-5-7-18(23)12-16)26(4)22(29)24-19-8-9-20-17(13-19)10-11-27(20)14-21(28)25(2)3/h5-13,15H,14H2,1-4H3,(H,24,29). The number of anilines is 1. The van der Waals surface area contributed by atoms with Crippen molar-refractivity contribution in [3.63, 3.8) is 0 Å². The van der Waals surface area contributed by atoms with E-state index in [0.717, 1.165) is 16.5 Å². The average molecular weight is 413 g/mol. The highest BCUT2D eigenvalue weighted by molar-refractivity contribution is 6.30. The fourth-order valence-electron chi connectivity index (χ4n) is 3.08. The fourth-order valence-corrected chi connectivity index (χ4v) is 3.28. The molecule has 0 spiro atoms. The number of benzene rings is 2. The van der Waals surface area contributed by atoms with Gasteiger partial charge in [-0.15, -0.1) is 0 Å². The van der Waals surface area contributed by atoms with Gasteiger partial charge >= 0.3 is 6.03 Å². The lowest BCUT2D eigenvalue weighted by Gasteiger charge is -2.25. The molecule has 6 nitrogen and oxygen atoms in total. The third-order valence-corrected chi connectivity index (χ3v) is 5.29. The van der Waals surface area contributed by atoms with Crippen molar-refractivity contribution in [2.45, 2.75) is 19.5 Å². The molecule has 1 unspecified atom stereocenters. The van der Waals surface area contributed by atoms with Crippen LogP contribution in [-0.2, 0) is 11.3 Å². The number of fused-ring (bicyclic) bond motifs is 1. The highest BCUT2D eigenvalue weighted by atomic mass is 35.5. The minimum absolute atomic E-state index is 0.0245. The van der Waals surface area contributed by atoms with Gasteiger partial charge < -0.3 is 19.7 Å². The summed E-state index contributed by atoms with van der Waals surface area (Å²) in [5.74, 6) is 0.0245. The quantitative estimate of drug-likeness (QED) is 0.665. The molecule has 0 aliphatic heterocycles. The Morgan fingerprint density at radius 2 is 1.86 bits per heavy atom. The van der Waals surface area contributed by atoms with Crippen molar-refractivity contribution in [2.75, 3.05) is 26.5 Å². The molecule has 0 aliphatic rings. The lowest BCUT2D eigenvalue weighted by Crippen LogP contribution is -2.33. The van der Waals surface area contributed by atoms with E-state index in [9.17, 15) is 9.59 Å². The van der Waals surface area contributed by atoms with E-state index in [1.807, 2.05) is 66.2 Å². The average Bonchev–Trinajstić information content (AvgIpc) is 3.08. The molecule has 0 radical (unpaired) electrons. The molecular weight excluding hydrogens is 388 g/mol. The fraction of sp³-hybridized carbons (Fsp3) is 0.273. The molecule has 152 valence electrons. The summed E-state index contributed by atoms with van der Waals surface area (Å²) in [5.41, 5.74) is 2.61. The summed E-state index contributed by atoms with van der Waals surface area (Å²) in [5, 5.41) is 4.54. The largest absolute Gasteiger partial charge is 0.347 e. The molecule has 0 fully saturated rings. The van der Waals surface area contributed by atoms with E-state index in [-0.39, 0.29) is 24.5 Å². The van der Waals surface area contributed by atoms with Gasteiger partial charge in [0.2, 0.25) is 5.91 Å². The van der Waals surface area contributed by atoms with Crippen molar-refractivity contribution in [3.05, 3.63) is 65.3 Å². The Morgan fingerprint density at radius 1 is 1.10 bits per heavy atom. The van der Waals surface area contributed by atoms with Crippen molar-refractivity contribution in [3.8, 4) is 0 Å². The number of likely N-dealkylation sites (N-methyl/N-ethyl adjacent to an activating group) is 1. The van der Waals surface area contributed by atoms with E-state index in [1.165, 1.54) is 0 Å². The molecule has 0 aliphatic carbocycles. The molecule has 7 heteroatoms. The van der Waals surface area contributed by atoms with E-state index in [1.54, 1.807) is 30.9 Å². The number of rotatable bonds is 5. The van der Waals surface area contributed by atoms with Crippen molar-refractivity contribution >= 4 is 40.1 Å². The van der Waals surface area contributed by atoms with Gasteiger partial charge in [-0.3, -0.25) is 4.79 Å². The molecule has 2 aromatic carbocycles.